The van der Waals surface area contributed by atoms with E-state index >= 15 is 0 Å². The first-order valence-electron chi connectivity index (χ1n) is 10.1. The second-order valence-corrected chi connectivity index (χ2v) is 8.97. The van der Waals surface area contributed by atoms with Gasteiger partial charge in [0.2, 0.25) is 15.9 Å². The largest absolute Gasteiger partial charge is 0.490 e. The van der Waals surface area contributed by atoms with Crippen molar-refractivity contribution in [3.8, 4) is 11.5 Å². The predicted octanol–water partition coefficient (Wildman–Crippen LogP) is 1.88. The maximum Gasteiger partial charge on any atom is 0.316 e. The smallest absolute Gasteiger partial charge is 0.316 e. The quantitative estimate of drug-likeness (QED) is 0.471. The third-order valence-corrected chi connectivity index (χ3v) is 6.19. The molecule has 1 atom stereocenters. The van der Waals surface area contributed by atoms with E-state index in [1.807, 2.05) is 0 Å². The van der Waals surface area contributed by atoms with Crippen LogP contribution in [0.5, 0.6) is 11.5 Å². The molecule has 11 heteroatoms. The van der Waals surface area contributed by atoms with Gasteiger partial charge in [-0.25, -0.2) is 17.9 Å². The monoisotopic (exact) mass is 462 g/mol. The topological polar surface area (TPSA) is 149 Å². The zero-order valence-corrected chi connectivity index (χ0v) is 18.4. The van der Waals surface area contributed by atoms with E-state index < -0.39 is 16.1 Å². The Kier molecular flexibility index (Phi) is 7.54. The first kappa shape index (κ1) is 23.4. The fourth-order valence-electron chi connectivity index (χ4n) is 3.09. The van der Waals surface area contributed by atoms with E-state index in [0.717, 1.165) is 12.0 Å². The molecule has 1 heterocycles. The third kappa shape index (κ3) is 6.34. The van der Waals surface area contributed by atoms with Crippen molar-refractivity contribution in [3.05, 3.63) is 48.0 Å². The fourth-order valence-corrected chi connectivity index (χ4v) is 4.13. The number of nitrogens with two attached hydrogens (primary N) is 1. The number of benzene rings is 2. The molecule has 0 saturated heterocycles. The maximum atomic E-state index is 12.6. The number of carbonyl (C=O) groups is 2. The molecule has 3 amide bonds. The lowest BCUT2D eigenvalue weighted by molar-refractivity contribution is -0.121. The highest BCUT2D eigenvalue weighted by molar-refractivity contribution is 7.89. The van der Waals surface area contributed by atoms with Gasteiger partial charge in [0, 0.05) is 31.1 Å². The lowest BCUT2D eigenvalue weighted by atomic mass is 10.1. The summed E-state index contributed by atoms with van der Waals surface area (Å²) in [6.45, 7) is 2.71. The van der Waals surface area contributed by atoms with E-state index in [1.165, 1.54) is 12.1 Å². The number of anilines is 1. The van der Waals surface area contributed by atoms with Gasteiger partial charge in [-0.2, -0.15) is 0 Å². The molecule has 0 aliphatic carbocycles. The highest BCUT2D eigenvalue weighted by Gasteiger charge is 2.19. The van der Waals surface area contributed by atoms with E-state index in [4.69, 9.17) is 15.2 Å². The molecule has 0 fully saturated rings. The van der Waals surface area contributed by atoms with E-state index in [1.54, 1.807) is 37.3 Å². The minimum atomic E-state index is -3.81. The Morgan fingerprint density at radius 1 is 1.06 bits per heavy atom. The normalized spacial score (nSPS) is 14.2. The molecule has 0 radical (unpaired) electrons. The number of ether oxygens (including phenoxy) is 2. The second kappa shape index (κ2) is 10.3. The molecule has 5 N–H and O–H groups in total. The van der Waals surface area contributed by atoms with Gasteiger partial charge < -0.3 is 25.8 Å². The van der Waals surface area contributed by atoms with Crippen molar-refractivity contribution < 1.29 is 27.5 Å². The standard InChI is InChI=1S/C21H26N4O6S/c1-14(15-3-5-16(6-4-15)25-21(22)27)24-20(26)9-10-23-32(28,29)17-7-8-18-19(13-17)31-12-2-11-30-18/h3-8,13-14,23H,2,9-12H2,1H3,(H,24,26)(H3,22,25,27). The highest BCUT2D eigenvalue weighted by atomic mass is 32.2. The van der Waals surface area contributed by atoms with Crippen LogP contribution in [0.15, 0.2) is 47.4 Å². The van der Waals surface area contributed by atoms with Crippen molar-refractivity contribution in [2.45, 2.75) is 30.7 Å². The minimum absolute atomic E-state index is 0.0323. The SMILES string of the molecule is CC(NC(=O)CCNS(=O)(=O)c1ccc2c(c1)OCCCO2)c1ccc(NC(N)=O)cc1. The van der Waals surface area contributed by atoms with Crippen LogP contribution in [0.2, 0.25) is 0 Å². The van der Waals surface area contributed by atoms with Crippen LogP contribution >= 0.6 is 0 Å². The zero-order chi connectivity index (χ0) is 23.1. The molecule has 32 heavy (non-hydrogen) atoms. The van der Waals surface area contributed by atoms with Crippen LogP contribution < -0.4 is 30.6 Å². The Hall–Kier alpha value is -3.31. The Morgan fingerprint density at radius 2 is 1.75 bits per heavy atom. The average Bonchev–Trinajstić information content (AvgIpc) is 2.98. The summed E-state index contributed by atoms with van der Waals surface area (Å²) < 4.78 is 38.6. The number of primary amides is 1. The van der Waals surface area contributed by atoms with Gasteiger partial charge in [-0.15, -0.1) is 0 Å². The molecule has 2 aromatic rings. The summed E-state index contributed by atoms with van der Waals surface area (Å²) in [7, 11) is -3.81. The molecular formula is C21H26N4O6S. The summed E-state index contributed by atoms with van der Waals surface area (Å²) in [5, 5.41) is 5.27. The van der Waals surface area contributed by atoms with Crippen LogP contribution in [0.4, 0.5) is 10.5 Å². The minimum Gasteiger partial charge on any atom is -0.490 e. The van der Waals surface area contributed by atoms with Crippen molar-refractivity contribution in [2.24, 2.45) is 5.73 Å². The van der Waals surface area contributed by atoms with Gasteiger partial charge in [0.05, 0.1) is 24.2 Å². The first-order chi connectivity index (χ1) is 15.2. The fraction of sp³-hybridized carbons (Fsp3) is 0.333. The van der Waals surface area contributed by atoms with Gasteiger partial charge >= 0.3 is 6.03 Å². The van der Waals surface area contributed by atoms with Crippen LogP contribution in [0, 0.1) is 0 Å². The summed E-state index contributed by atoms with van der Waals surface area (Å²) in [5.41, 5.74) is 6.44. The van der Waals surface area contributed by atoms with Crippen molar-refractivity contribution in [2.75, 3.05) is 25.1 Å². The molecule has 0 bridgehead atoms. The van der Waals surface area contributed by atoms with Crippen molar-refractivity contribution in [1.82, 2.24) is 10.0 Å². The summed E-state index contributed by atoms with van der Waals surface area (Å²) in [4.78, 5) is 23.1. The molecule has 172 valence electrons. The Labute approximate surface area is 186 Å². The Balaban J connectivity index is 1.50. The molecule has 1 unspecified atom stereocenters. The summed E-state index contributed by atoms with van der Waals surface area (Å²) in [6.07, 6.45) is 0.687. The van der Waals surface area contributed by atoms with E-state index in [0.29, 0.717) is 30.4 Å². The molecule has 0 aromatic heterocycles. The number of sulfonamides is 1. The van der Waals surface area contributed by atoms with Gasteiger partial charge in [-0.1, -0.05) is 12.1 Å². The number of carbonyl (C=O) groups excluding carboxylic acids is 2. The number of nitrogens with one attached hydrogen (secondary N) is 3. The van der Waals surface area contributed by atoms with Crippen molar-refractivity contribution in [1.29, 1.82) is 0 Å². The Morgan fingerprint density at radius 3 is 2.44 bits per heavy atom. The van der Waals surface area contributed by atoms with Crippen LogP contribution in [-0.4, -0.2) is 40.1 Å². The van der Waals surface area contributed by atoms with Crippen molar-refractivity contribution >= 4 is 27.6 Å². The van der Waals surface area contributed by atoms with Crippen molar-refractivity contribution in [3.63, 3.8) is 0 Å². The maximum absolute atomic E-state index is 12.6. The second-order valence-electron chi connectivity index (χ2n) is 7.21. The average molecular weight is 463 g/mol. The number of hydrogen-bond acceptors (Lipinski definition) is 6. The van der Waals surface area contributed by atoms with Gasteiger partial charge in [-0.3, -0.25) is 4.79 Å². The lowest BCUT2D eigenvalue weighted by Gasteiger charge is -2.15. The third-order valence-electron chi connectivity index (χ3n) is 4.73. The zero-order valence-electron chi connectivity index (χ0n) is 17.6. The van der Waals surface area contributed by atoms with E-state index in [-0.39, 0.29) is 29.8 Å². The summed E-state index contributed by atoms with van der Waals surface area (Å²) >= 11 is 0. The van der Waals surface area contributed by atoms with Crippen LogP contribution in [0.1, 0.15) is 31.4 Å². The number of hydrogen-bond donors (Lipinski definition) is 4. The van der Waals surface area contributed by atoms with Crippen LogP contribution in [0.25, 0.3) is 0 Å². The van der Waals surface area contributed by atoms with Gasteiger partial charge in [-0.05, 0) is 36.8 Å². The van der Waals surface area contributed by atoms with Gasteiger partial charge in [0.25, 0.3) is 0 Å². The molecule has 1 aliphatic heterocycles. The predicted molar refractivity (Wildman–Crippen MR) is 118 cm³/mol. The molecule has 0 saturated carbocycles. The number of amides is 3. The molecule has 2 aromatic carbocycles. The lowest BCUT2D eigenvalue weighted by Crippen LogP contribution is -2.32. The van der Waals surface area contributed by atoms with E-state index in [9.17, 15) is 18.0 Å². The molecule has 3 rings (SSSR count). The number of urea groups is 1. The number of fused-ring (bicyclic) bond motifs is 1. The highest BCUT2D eigenvalue weighted by Crippen LogP contribution is 2.31. The summed E-state index contributed by atoms with van der Waals surface area (Å²) in [6, 6.07) is 10.3. The van der Waals surface area contributed by atoms with Gasteiger partial charge in [0.1, 0.15) is 0 Å². The number of rotatable bonds is 8. The Bertz CT molecular complexity index is 1070. The first-order valence-corrected chi connectivity index (χ1v) is 11.6. The van der Waals surface area contributed by atoms with Gasteiger partial charge in [0.15, 0.2) is 11.5 Å². The molecule has 10 nitrogen and oxygen atoms in total. The van der Waals surface area contributed by atoms with E-state index in [2.05, 4.69) is 15.4 Å². The van der Waals surface area contributed by atoms with Crippen LogP contribution in [-0.2, 0) is 14.8 Å². The molecule has 1 aliphatic rings. The molecular weight excluding hydrogens is 436 g/mol. The summed E-state index contributed by atoms with van der Waals surface area (Å²) in [5.74, 6) is 0.584. The molecule has 0 spiro atoms. The van der Waals surface area contributed by atoms with Crippen LogP contribution in [0.3, 0.4) is 0 Å².